The molecule has 1 aromatic carbocycles. The minimum absolute atomic E-state index is 0.214. The fraction of sp³-hybridized carbons (Fsp3) is 0.647. The lowest BCUT2D eigenvalue weighted by atomic mass is 9.79. The van der Waals surface area contributed by atoms with Crippen LogP contribution >= 0.6 is 0 Å². The molecule has 0 radical (unpaired) electrons. The van der Waals surface area contributed by atoms with Gasteiger partial charge in [-0.1, -0.05) is 51.5 Å². The number of nitrogens with two attached hydrogens (primary N) is 1. The van der Waals surface area contributed by atoms with E-state index in [0.717, 1.165) is 18.8 Å². The number of rotatable bonds is 4. The summed E-state index contributed by atoms with van der Waals surface area (Å²) in [7, 11) is 0. The van der Waals surface area contributed by atoms with Gasteiger partial charge in [-0.15, -0.1) is 0 Å². The smallest absolute Gasteiger partial charge is 0.00908 e. The Balaban J connectivity index is 1.93. The molecular weight excluding hydrogens is 218 g/mol. The normalized spacial score (nSPS) is 18.4. The van der Waals surface area contributed by atoms with Crippen LogP contribution < -0.4 is 5.73 Å². The van der Waals surface area contributed by atoms with Gasteiger partial charge in [-0.2, -0.15) is 0 Å². The minimum atomic E-state index is 0.214. The Morgan fingerprint density at radius 1 is 1.28 bits per heavy atom. The van der Waals surface area contributed by atoms with E-state index in [2.05, 4.69) is 45.0 Å². The van der Waals surface area contributed by atoms with Gasteiger partial charge in [0.2, 0.25) is 0 Å². The van der Waals surface area contributed by atoms with Gasteiger partial charge < -0.3 is 5.73 Å². The van der Waals surface area contributed by atoms with Crippen molar-refractivity contribution in [1.29, 1.82) is 0 Å². The molecule has 0 saturated heterocycles. The van der Waals surface area contributed by atoms with Crippen LogP contribution in [0.3, 0.4) is 0 Å². The SMILES string of the molecule is CC(C)(C)C(N)CCc1cccc(C2CCC2)c1. The monoisotopic (exact) mass is 245 g/mol. The topological polar surface area (TPSA) is 26.0 Å². The van der Waals surface area contributed by atoms with Gasteiger partial charge >= 0.3 is 0 Å². The standard InChI is InChI=1S/C17H27N/c1-17(2,3)16(18)11-10-13-6-4-9-15(12-13)14-7-5-8-14/h4,6,9,12,14,16H,5,7-8,10-11,18H2,1-3H3. The molecule has 0 bridgehead atoms. The van der Waals surface area contributed by atoms with Gasteiger partial charge in [-0.25, -0.2) is 0 Å². The molecule has 0 heterocycles. The van der Waals surface area contributed by atoms with Gasteiger partial charge in [-0.05, 0) is 48.1 Å². The third kappa shape index (κ3) is 3.35. The zero-order valence-electron chi connectivity index (χ0n) is 12.1. The summed E-state index contributed by atoms with van der Waals surface area (Å²) in [6, 6.07) is 9.43. The lowest BCUT2D eigenvalue weighted by Crippen LogP contribution is -2.35. The average Bonchev–Trinajstić information content (AvgIpc) is 2.22. The van der Waals surface area contributed by atoms with Crippen LogP contribution in [-0.4, -0.2) is 6.04 Å². The zero-order valence-corrected chi connectivity index (χ0v) is 12.1. The maximum Gasteiger partial charge on any atom is 0.00908 e. The average molecular weight is 245 g/mol. The highest BCUT2D eigenvalue weighted by atomic mass is 14.7. The predicted molar refractivity (Wildman–Crippen MR) is 78.8 cm³/mol. The summed E-state index contributed by atoms with van der Waals surface area (Å²) in [6.07, 6.45) is 6.36. The van der Waals surface area contributed by atoms with Crippen LogP contribution in [0.4, 0.5) is 0 Å². The molecule has 1 aliphatic carbocycles. The Bertz CT molecular complexity index is 385. The molecule has 1 aromatic rings. The molecule has 1 aliphatic rings. The van der Waals surface area contributed by atoms with E-state index in [0.29, 0.717) is 0 Å². The maximum atomic E-state index is 6.23. The lowest BCUT2D eigenvalue weighted by Gasteiger charge is -2.28. The molecule has 1 nitrogen and oxygen atoms in total. The van der Waals surface area contributed by atoms with Crippen LogP contribution in [0, 0.1) is 5.41 Å². The fourth-order valence-corrected chi connectivity index (χ4v) is 2.50. The van der Waals surface area contributed by atoms with E-state index in [1.807, 2.05) is 0 Å². The van der Waals surface area contributed by atoms with Gasteiger partial charge in [0.15, 0.2) is 0 Å². The summed E-state index contributed by atoms with van der Waals surface area (Å²) in [4.78, 5) is 0. The van der Waals surface area contributed by atoms with Crippen molar-refractivity contribution >= 4 is 0 Å². The van der Waals surface area contributed by atoms with Crippen LogP contribution in [0.1, 0.15) is 63.5 Å². The second kappa shape index (κ2) is 5.44. The number of hydrogen-bond acceptors (Lipinski definition) is 1. The molecule has 0 aromatic heterocycles. The largest absolute Gasteiger partial charge is 0.327 e. The first-order chi connectivity index (χ1) is 8.47. The van der Waals surface area contributed by atoms with Gasteiger partial charge in [0.25, 0.3) is 0 Å². The van der Waals surface area contributed by atoms with E-state index < -0.39 is 0 Å². The molecule has 1 atom stereocenters. The highest BCUT2D eigenvalue weighted by Gasteiger charge is 2.21. The summed E-state index contributed by atoms with van der Waals surface area (Å²) >= 11 is 0. The molecule has 2 rings (SSSR count). The van der Waals surface area contributed by atoms with E-state index in [1.54, 1.807) is 5.56 Å². The summed E-state index contributed by atoms with van der Waals surface area (Å²) in [6.45, 7) is 6.67. The molecule has 0 amide bonds. The van der Waals surface area contributed by atoms with Gasteiger partial charge in [0.1, 0.15) is 0 Å². The maximum absolute atomic E-state index is 6.23. The van der Waals surface area contributed by atoms with E-state index >= 15 is 0 Å². The van der Waals surface area contributed by atoms with Crippen molar-refractivity contribution in [3.63, 3.8) is 0 Å². The number of aryl methyl sites for hydroxylation is 1. The van der Waals surface area contributed by atoms with E-state index in [9.17, 15) is 0 Å². The number of hydrogen-bond donors (Lipinski definition) is 1. The molecule has 0 spiro atoms. The van der Waals surface area contributed by atoms with Gasteiger partial charge in [0.05, 0.1) is 0 Å². The molecular formula is C17H27N. The molecule has 1 fully saturated rings. The van der Waals surface area contributed by atoms with E-state index in [-0.39, 0.29) is 11.5 Å². The summed E-state index contributed by atoms with van der Waals surface area (Å²) in [5.74, 6) is 0.834. The second-order valence-electron chi connectivity index (χ2n) is 6.88. The highest BCUT2D eigenvalue weighted by molar-refractivity contribution is 5.27. The first-order valence-corrected chi connectivity index (χ1v) is 7.31. The zero-order chi connectivity index (χ0) is 13.2. The second-order valence-corrected chi connectivity index (χ2v) is 6.88. The molecule has 1 unspecified atom stereocenters. The van der Waals surface area contributed by atoms with Crippen molar-refractivity contribution in [1.82, 2.24) is 0 Å². The Labute approximate surface area is 112 Å². The Kier molecular flexibility index (Phi) is 4.11. The summed E-state index contributed by atoms with van der Waals surface area (Å²) in [5, 5.41) is 0. The van der Waals surface area contributed by atoms with Crippen molar-refractivity contribution in [3.05, 3.63) is 35.4 Å². The Morgan fingerprint density at radius 3 is 2.56 bits per heavy atom. The molecule has 2 N–H and O–H groups in total. The minimum Gasteiger partial charge on any atom is -0.327 e. The van der Waals surface area contributed by atoms with Crippen LogP contribution in [0.5, 0.6) is 0 Å². The summed E-state index contributed by atoms with van der Waals surface area (Å²) in [5.41, 5.74) is 9.45. The third-order valence-electron chi connectivity index (χ3n) is 4.38. The van der Waals surface area contributed by atoms with Crippen LogP contribution in [0.15, 0.2) is 24.3 Å². The van der Waals surface area contributed by atoms with Crippen LogP contribution in [0.2, 0.25) is 0 Å². The highest BCUT2D eigenvalue weighted by Crippen LogP contribution is 2.36. The van der Waals surface area contributed by atoms with Crippen LogP contribution in [-0.2, 0) is 6.42 Å². The lowest BCUT2D eigenvalue weighted by molar-refractivity contribution is 0.306. The number of benzene rings is 1. The molecule has 18 heavy (non-hydrogen) atoms. The Hall–Kier alpha value is -0.820. The van der Waals surface area contributed by atoms with Crippen molar-refractivity contribution in [2.24, 2.45) is 11.1 Å². The molecule has 0 aliphatic heterocycles. The first kappa shape index (κ1) is 13.6. The quantitative estimate of drug-likeness (QED) is 0.842. The van der Waals surface area contributed by atoms with E-state index in [1.165, 1.54) is 24.8 Å². The molecule has 1 saturated carbocycles. The fourth-order valence-electron chi connectivity index (χ4n) is 2.50. The first-order valence-electron chi connectivity index (χ1n) is 7.31. The molecule has 1 heteroatoms. The van der Waals surface area contributed by atoms with E-state index in [4.69, 9.17) is 5.73 Å². The van der Waals surface area contributed by atoms with Crippen molar-refractivity contribution in [3.8, 4) is 0 Å². The summed E-state index contributed by atoms with van der Waals surface area (Å²) < 4.78 is 0. The van der Waals surface area contributed by atoms with Crippen molar-refractivity contribution in [2.45, 2.75) is 64.8 Å². The predicted octanol–water partition coefficient (Wildman–Crippen LogP) is 4.26. The van der Waals surface area contributed by atoms with Gasteiger partial charge in [-0.3, -0.25) is 0 Å². The van der Waals surface area contributed by atoms with Crippen molar-refractivity contribution in [2.75, 3.05) is 0 Å². The Morgan fingerprint density at radius 2 is 2.00 bits per heavy atom. The van der Waals surface area contributed by atoms with Crippen LogP contribution in [0.25, 0.3) is 0 Å². The van der Waals surface area contributed by atoms with Crippen molar-refractivity contribution < 1.29 is 0 Å². The van der Waals surface area contributed by atoms with Gasteiger partial charge in [0, 0.05) is 6.04 Å². The molecule has 100 valence electrons. The third-order valence-corrected chi connectivity index (χ3v) is 4.38.